The lowest BCUT2D eigenvalue weighted by atomic mass is 10.1. The van der Waals surface area contributed by atoms with Crippen LogP contribution in [0.3, 0.4) is 0 Å². The zero-order chi connectivity index (χ0) is 24.6. The van der Waals surface area contributed by atoms with E-state index in [1.165, 1.54) is 64.2 Å². The number of hydrogen-bond acceptors (Lipinski definition) is 3. The van der Waals surface area contributed by atoms with Gasteiger partial charge in [0.2, 0.25) is 0 Å². The first-order chi connectivity index (χ1) is 17.3. The molecule has 3 nitrogen and oxygen atoms in total. The lowest BCUT2D eigenvalue weighted by molar-refractivity contribution is 0.294. The standard InChI is InChI=1S/C32H44O3/c1-3-5-7-9-11-16-25-33-30-22-18-21-29-28(30)23-24-31(35-27-19-14-13-15-20-27)32(29)34-26-17-12-10-8-6-4-2/h13-15,18-24H,3-12,16-17,25-26H2,1-2H3. The highest BCUT2D eigenvalue weighted by molar-refractivity contribution is 5.95. The summed E-state index contributed by atoms with van der Waals surface area (Å²) >= 11 is 0. The lowest BCUT2D eigenvalue weighted by Crippen LogP contribution is -2.01. The van der Waals surface area contributed by atoms with E-state index in [-0.39, 0.29) is 0 Å². The van der Waals surface area contributed by atoms with Crippen LogP contribution in [0.1, 0.15) is 90.9 Å². The molecule has 0 fully saturated rings. The van der Waals surface area contributed by atoms with E-state index in [1.807, 2.05) is 36.4 Å². The highest BCUT2D eigenvalue weighted by Crippen LogP contribution is 2.41. The number of ether oxygens (including phenoxy) is 3. The predicted molar refractivity (Wildman–Crippen MR) is 148 cm³/mol. The predicted octanol–water partition coefficient (Wildman–Crippen LogP) is 10.1. The van der Waals surface area contributed by atoms with Crippen molar-refractivity contribution in [3.05, 3.63) is 60.7 Å². The van der Waals surface area contributed by atoms with Crippen molar-refractivity contribution in [2.75, 3.05) is 13.2 Å². The topological polar surface area (TPSA) is 27.7 Å². The number of hydrogen-bond donors (Lipinski definition) is 0. The lowest BCUT2D eigenvalue weighted by Gasteiger charge is -2.17. The van der Waals surface area contributed by atoms with Gasteiger partial charge < -0.3 is 14.2 Å². The van der Waals surface area contributed by atoms with E-state index in [0.29, 0.717) is 6.61 Å². The van der Waals surface area contributed by atoms with E-state index in [0.717, 1.165) is 53.2 Å². The summed E-state index contributed by atoms with van der Waals surface area (Å²) < 4.78 is 18.9. The van der Waals surface area contributed by atoms with Gasteiger partial charge in [-0.05, 0) is 43.2 Å². The van der Waals surface area contributed by atoms with E-state index in [1.54, 1.807) is 0 Å². The van der Waals surface area contributed by atoms with Crippen LogP contribution < -0.4 is 14.2 Å². The van der Waals surface area contributed by atoms with Gasteiger partial charge in [-0.1, -0.05) is 108 Å². The van der Waals surface area contributed by atoms with Crippen molar-refractivity contribution in [3.8, 4) is 23.0 Å². The maximum absolute atomic E-state index is 6.38. The molecular weight excluding hydrogens is 432 g/mol. The summed E-state index contributed by atoms with van der Waals surface area (Å²) in [5.74, 6) is 3.30. The summed E-state index contributed by atoms with van der Waals surface area (Å²) in [6.07, 6.45) is 15.0. The number of benzene rings is 3. The molecule has 3 aromatic rings. The summed E-state index contributed by atoms with van der Waals surface area (Å²) in [4.78, 5) is 0. The third-order valence-electron chi connectivity index (χ3n) is 6.41. The first-order valence-electron chi connectivity index (χ1n) is 13.9. The Balaban J connectivity index is 1.70. The van der Waals surface area contributed by atoms with Crippen molar-refractivity contribution in [1.82, 2.24) is 0 Å². The maximum atomic E-state index is 6.38. The fourth-order valence-electron chi connectivity index (χ4n) is 4.37. The Bertz CT molecular complexity index is 967. The first-order valence-corrected chi connectivity index (χ1v) is 13.9. The molecule has 0 spiro atoms. The van der Waals surface area contributed by atoms with E-state index in [2.05, 4.69) is 38.1 Å². The summed E-state index contributed by atoms with van der Waals surface area (Å²) in [6, 6.07) is 20.3. The molecule has 3 rings (SSSR count). The van der Waals surface area contributed by atoms with Gasteiger partial charge in [-0.25, -0.2) is 0 Å². The van der Waals surface area contributed by atoms with Crippen molar-refractivity contribution in [2.45, 2.75) is 90.9 Å². The fourth-order valence-corrected chi connectivity index (χ4v) is 4.37. The van der Waals surface area contributed by atoms with Crippen molar-refractivity contribution < 1.29 is 14.2 Å². The van der Waals surface area contributed by atoms with Crippen LogP contribution in [0.25, 0.3) is 10.8 Å². The molecule has 0 aromatic heterocycles. The number of para-hydroxylation sites is 1. The van der Waals surface area contributed by atoms with Gasteiger partial charge in [0.15, 0.2) is 11.5 Å². The molecule has 0 heterocycles. The Hall–Kier alpha value is -2.68. The molecule has 0 bridgehead atoms. The Morgan fingerprint density at radius 3 is 1.80 bits per heavy atom. The number of unbranched alkanes of at least 4 members (excludes halogenated alkanes) is 10. The number of fused-ring (bicyclic) bond motifs is 1. The van der Waals surface area contributed by atoms with Crippen molar-refractivity contribution in [1.29, 1.82) is 0 Å². The summed E-state index contributed by atoms with van der Waals surface area (Å²) in [5.41, 5.74) is 0. The second-order valence-electron chi connectivity index (χ2n) is 9.39. The van der Waals surface area contributed by atoms with Crippen LogP contribution in [0, 0.1) is 0 Å². The quantitative estimate of drug-likeness (QED) is 0.171. The average Bonchev–Trinajstić information content (AvgIpc) is 2.89. The van der Waals surface area contributed by atoms with E-state index in [4.69, 9.17) is 14.2 Å². The molecule has 3 aromatic carbocycles. The van der Waals surface area contributed by atoms with Gasteiger partial charge in [0.1, 0.15) is 11.5 Å². The second kappa shape index (κ2) is 16.1. The molecular formula is C32H44O3. The van der Waals surface area contributed by atoms with Crippen molar-refractivity contribution in [2.24, 2.45) is 0 Å². The highest BCUT2D eigenvalue weighted by atomic mass is 16.5. The summed E-state index contributed by atoms with van der Waals surface area (Å²) in [6.45, 7) is 5.95. The van der Waals surface area contributed by atoms with Gasteiger partial charge in [-0.2, -0.15) is 0 Å². The molecule has 35 heavy (non-hydrogen) atoms. The van der Waals surface area contributed by atoms with Crippen LogP contribution in [-0.4, -0.2) is 13.2 Å². The van der Waals surface area contributed by atoms with E-state index in [9.17, 15) is 0 Å². The summed E-state index contributed by atoms with van der Waals surface area (Å²) in [7, 11) is 0. The molecule has 0 N–H and O–H groups in total. The van der Waals surface area contributed by atoms with Crippen LogP contribution in [0.4, 0.5) is 0 Å². The number of rotatable bonds is 18. The smallest absolute Gasteiger partial charge is 0.169 e. The Labute approximate surface area is 212 Å². The monoisotopic (exact) mass is 476 g/mol. The zero-order valence-corrected chi connectivity index (χ0v) is 21.9. The molecule has 0 aliphatic carbocycles. The molecule has 0 radical (unpaired) electrons. The molecule has 190 valence electrons. The molecule has 0 saturated carbocycles. The minimum atomic E-state index is 0.694. The average molecular weight is 477 g/mol. The van der Waals surface area contributed by atoms with Crippen LogP contribution in [0.2, 0.25) is 0 Å². The Morgan fingerprint density at radius 2 is 1.11 bits per heavy atom. The molecule has 0 aliphatic heterocycles. The van der Waals surface area contributed by atoms with Crippen molar-refractivity contribution >= 4 is 10.8 Å². The molecule has 0 atom stereocenters. The maximum Gasteiger partial charge on any atom is 0.169 e. The van der Waals surface area contributed by atoms with Gasteiger partial charge in [0.05, 0.1) is 13.2 Å². The Morgan fingerprint density at radius 1 is 0.486 bits per heavy atom. The van der Waals surface area contributed by atoms with Gasteiger partial charge >= 0.3 is 0 Å². The molecule has 0 aliphatic rings. The van der Waals surface area contributed by atoms with Crippen molar-refractivity contribution in [3.63, 3.8) is 0 Å². The largest absolute Gasteiger partial charge is 0.493 e. The van der Waals surface area contributed by atoms with Crippen LogP contribution in [0.5, 0.6) is 23.0 Å². The third-order valence-corrected chi connectivity index (χ3v) is 6.41. The van der Waals surface area contributed by atoms with Crippen LogP contribution in [0.15, 0.2) is 60.7 Å². The highest BCUT2D eigenvalue weighted by Gasteiger charge is 2.14. The Kier molecular flexibility index (Phi) is 12.4. The molecule has 0 unspecified atom stereocenters. The van der Waals surface area contributed by atoms with E-state index < -0.39 is 0 Å². The first kappa shape index (κ1) is 26.9. The van der Waals surface area contributed by atoms with Gasteiger partial charge in [-0.3, -0.25) is 0 Å². The van der Waals surface area contributed by atoms with Gasteiger partial charge in [0, 0.05) is 10.8 Å². The third kappa shape index (κ3) is 9.12. The minimum Gasteiger partial charge on any atom is -0.493 e. The normalized spacial score (nSPS) is 11.0. The second-order valence-corrected chi connectivity index (χ2v) is 9.39. The van der Waals surface area contributed by atoms with Gasteiger partial charge in [0.25, 0.3) is 0 Å². The molecule has 0 saturated heterocycles. The SMILES string of the molecule is CCCCCCCCOc1cccc2c(OCCCCCCCC)c(Oc3ccccc3)ccc12. The molecule has 0 amide bonds. The van der Waals surface area contributed by atoms with Crippen LogP contribution >= 0.6 is 0 Å². The summed E-state index contributed by atoms with van der Waals surface area (Å²) in [5, 5.41) is 2.13. The van der Waals surface area contributed by atoms with E-state index >= 15 is 0 Å². The minimum absolute atomic E-state index is 0.694. The van der Waals surface area contributed by atoms with Gasteiger partial charge in [-0.15, -0.1) is 0 Å². The van der Waals surface area contributed by atoms with Crippen LogP contribution in [-0.2, 0) is 0 Å². The molecule has 3 heteroatoms. The zero-order valence-electron chi connectivity index (χ0n) is 21.9. The fraction of sp³-hybridized carbons (Fsp3) is 0.500.